The van der Waals surface area contributed by atoms with Crippen LogP contribution in [0.4, 0.5) is 4.79 Å². The number of aromatic nitrogens is 1. The molecule has 2 atom stereocenters. The number of carbonyl (C=O) groups is 2. The van der Waals surface area contributed by atoms with Gasteiger partial charge >= 0.3 is 12.0 Å². The van der Waals surface area contributed by atoms with Crippen LogP contribution in [0.1, 0.15) is 42.9 Å². The minimum absolute atomic E-state index is 0.0333. The standard InChI is InChI=1S/C21H25N3O3/c25-20(26)9-8-18(15-16-5-2-1-3-6-16)23-21(27)24-14-4-7-19(24)17-10-12-22-13-11-17/h1-3,5-6,10-13,18-19H,4,7-9,14-15H2,(H,23,27)(H,25,26). The Morgan fingerprint density at radius 3 is 2.63 bits per heavy atom. The quantitative estimate of drug-likeness (QED) is 0.786. The van der Waals surface area contributed by atoms with Gasteiger partial charge in [-0.15, -0.1) is 0 Å². The van der Waals surface area contributed by atoms with Gasteiger partial charge in [0.05, 0.1) is 6.04 Å². The van der Waals surface area contributed by atoms with Crippen LogP contribution in [-0.4, -0.2) is 39.6 Å². The summed E-state index contributed by atoms with van der Waals surface area (Å²) in [5.41, 5.74) is 2.17. The molecule has 0 saturated carbocycles. The van der Waals surface area contributed by atoms with Crippen LogP contribution in [0.2, 0.25) is 0 Å². The molecule has 3 rings (SSSR count). The largest absolute Gasteiger partial charge is 0.481 e. The molecule has 2 unspecified atom stereocenters. The first-order valence-corrected chi connectivity index (χ1v) is 9.36. The van der Waals surface area contributed by atoms with Crippen molar-refractivity contribution in [2.75, 3.05) is 6.54 Å². The average Bonchev–Trinajstić information content (AvgIpc) is 3.17. The lowest BCUT2D eigenvalue weighted by atomic mass is 10.0. The molecule has 1 fully saturated rings. The van der Waals surface area contributed by atoms with Crippen LogP contribution in [0.5, 0.6) is 0 Å². The summed E-state index contributed by atoms with van der Waals surface area (Å²) in [5, 5.41) is 12.1. The zero-order chi connectivity index (χ0) is 19.1. The van der Waals surface area contributed by atoms with Gasteiger partial charge in [0.15, 0.2) is 0 Å². The van der Waals surface area contributed by atoms with Crippen molar-refractivity contribution < 1.29 is 14.7 Å². The molecule has 2 amide bonds. The molecule has 0 spiro atoms. The summed E-state index contributed by atoms with van der Waals surface area (Å²) in [6.07, 6.45) is 6.43. The topological polar surface area (TPSA) is 82.5 Å². The summed E-state index contributed by atoms with van der Waals surface area (Å²) in [5.74, 6) is -0.849. The van der Waals surface area contributed by atoms with Crippen LogP contribution in [0.25, 0.3) is 0 Å². The van der Waals surface area contributed by atoms with Gasteiger partial charge in [0.1, 0.15) is 0 Å². The van der Waals surface area contributed by atoms with E-state index < -0.39 is 5.97 Å². The number of carboxylic acids is 1. The third-order valence-electron chi connectivity index (χ3n) is 4.96. The molecule has 1 aromatic carbocycles. The second-order valence-corrected chi connectivity index (χ2v) is 6.90. The van der Waals surface area contributed by atoms with Crippen LogP contribution < -0.4 is 5.32 Å². The monoisotopic (exact) mass is 367 g/mol. The zero-order valence-corrected chi connectivity index (χ0v) is 15.3. The molecular formula is C21H25N3O3. The van der Waals surface area contributed by atoms with Crippen molar-refractivity contribution in [3.63, 3.8) is 0 Å². The zero-order valence-electron chi connectivity index (χ0n) is 15.3. The molecule has 27 heavy (non-hydrogen) atoms. The Balaban J connectivity index is 1.68. The van der Waals surface area contributed by atoms with Crippen molar-refractivity contribution in [1.29, 1.82) is 0 Å². The fraction of sp³-hybridized carbons (Fsp3) is 0.381. The van der Waals surface area contributed by atoms with E-state index in [1.165, 1.54) is 0 Å². The van der Waals surface area contributed by atoms with E-state index in [-0.39, 0.29) is 24.5 Å². The first kappa shape index (κ1) is 18.9. The lowest BCUT2D eigenvalue weighted by Crippen LogP contribution is -2.45. The maximum atomic E-state index is 12.9. The fourth-order valence-electron chi connectivity index (χ4n) is 3.62. The van der Waals surface area contributed by atoms with Crippen molar-refractivity contribution in [3.8, 4) is 0 Å². The van der Waals surface area contributed by atoms with Gasteiger partial charge in [-0.25, -0.2) is 4.79 Å². The van der Waals surface area contributed by atoms with Gasteiger partial charge in [0, 0.05) is 31.4 Å². The second kappa shape index (κ2) is 9.16. The predicted octanol–water partition coefficient (Wildman–Crippen LogP) is 3.40. The number of hydrogen-bond donors (Lipinski definition) is 2. The van der Waals surface area contributed by atoms with E-state index in [9.17, 15) is 9.59 Å². The summed E-state index contributed by atoms with van der Waals surface area (Å²) in [4.78, 5) is 29.8. The van der Waals surface area contributed by atoms with Crippen LogP contribution in [-0.2, 0) is 11.2 Å². The number of carboxylic acid groups (broad SMARTS) is 1. The van der Waals surface area contributed by atoms with Gasteiger partial charge in [-0.1, -0.05) is 30.3 Å². The van der Waals surface area contributed by atoms with E-state index in [1.54, 1.807) is 12.4 Å². The SMILES string of the molecule is O=C(O)CCC(Cc1ccccc1)NC(=O)N1CCCC1c1ccncc1. The van der Waals surface area contributed by atoms with Gasteiger partial charge in [-0.3, -0.25) is 9.78 Å². The number of pyridine rings is 1. The van der Waals surface area contributed by atoms with Gasteiger partial charge in [-0.05, 0) is 48.9 Å². The minimum Gasteiger partial charge on any atom is -0.481 e. The van der Waals surface area contributed by atoms with E-state index in [2.05, 4.69) is 10.3 Å². The average molecular weight is 367 g/mol. The van der Waals surface area contributed by atoms with Crippen molar-refractivity contribution in [3.05, 3.63) is 66.0 Å². The summed E-state index contributed by atoms with van der Waals surface area (Å²) >= 11 is 0. The first-order chi connectivity index (χ1) is 13.1. The lowest BCUT2D eigenvalue weighted by molar-refractivity contribution is -0.137. The maximum absolute atomic E-state index is 12.9. The van der Waals surface area contributed by atoms with E-state index in [4.69, 9.17) is 5.11 Å². The molecule has 6 heteroatoms. The van der Waals surface area contributed by atoms with Gasteiger partial charge < -0.3 is 15.3 Å². The Kier molecular flexibility index (Phi) is 6.41. The number of likely N-dealkylation sites (tertiary alicyclic amines) is 1. The van der Waals surface area contributed by atoms with Crippen molar-refractivity contribution in [2.45, 2.75) is 44.2 Å². The number of amides is 2. The third kappa shape index (κ3) is 5.29. The highest BCUT2D eigenvalue weighted by atomic mass is 16.4. The smallest absolute Gasteiger partial charge is 0.318 e. The van der Waals surface area contributed by atoms with E-state index in [1.807, 2.05) is 47.4 Å². The van der Waals surface area contributed by atoms with Crippen molar-refractivity contribution >= 4 is 12.0 Å². The number of hydrogen-bond acceptors (Lipinski definition) is 3. The molecular weight excluding hydrogens is 342 g/mol. The Bertz CT molecular complexity index is 752. The summed E-state index contributed by atoms with van der Waals surface area (Å²) in [6.45, 7) is 0.704. The highest BCUT2D eigenvalue weighted by molar-refractivity contribution is 5.75. The molecule has 1 aliphatic rings. The number of benzene rings is 1. The Hall–Kier alpha value is -2.89. The molecule has 2 aromatic rings. The van der Waals surface area contributed by atoms with E-state index in [0.717, 1.165) is 24.0 Å². The van der Waals surface area contributed by atoms with Crippen molar-refractivity contribution in [2.24, 2.45) is 0 Å². The molecule has 0 aliphatic carbocycles. The molecule has 2 N–H and O–H groups in total. The molecule has 6 nitrogen and oxygen atoms in total. The summed E-state index contributed by atoms with van der Waals surface area (Å²) in [6, 6.07) is 13.4. The first-order valence-electron chi connectivity index (χ1n) is 9.36. The lowest BCUT2D eigenvalue weighted by Gasteiger charge is -2.28. The molecule has 1 aromatic heterocycles. The number of nitrogens with one attached hydrogen (secondary N) is 1. The highest BCUT2D eigenvalue weighted by Crippen LogP contribution is 2.31. The normalized spacial score (nSPS) is 17.5. The number of rotatable bonds is 7. The highest BCUT2D eigenvalue weighted by Gasteiger charge is 2.31. The van der Waals surface area contributed by atoms with E-state index >= 15 is 0 Å². The Labute approximate surface area is 159 Å². The number of nitrogens with zero attached hydrogens (tertiary/aromatic N) is 2. The van der Waals surface area contributed by atoms with Gasteiger partial charge in [0.25, 0.3) is 0 Å². The second-order valence-electron chi connectivity index (χ2n) is 6.90. The third-order valence-corrected chi connectivity index (χ3v) is 4.96. The fourth-order valence-corrected chi connectivity index (χ4v) is 3.62. The number of urea groups is 1. The minimum atomic E-state index is -0.849. The van der Waals surface area contributed by atoms with Crippen LogP contribution in [0.15, 0.2) is 54.9 Å². The van der Waals surface area contributed by atoms with Crippen LogP contribution in [0, 0.1) is 0 Å². The van der Waals surface area contributed by atoms with E-state index in [0.29, 0.717) is 19.4 Å². The molecule has 142 valence electrons. The summed E-state index contributed by atoms with van der Waals surface area (Å²) < 4.78 is 0. The molecule has 1 aliphatic heterocycles. The van der Waals surface area contributed by atoms with Gasteiger partial charge in [-0.2, -0.15) is 0 Å². The maximum Gasteiger partial charge on any atom is 0.318 e. The Morgan fingerprint density at radius 2 is 1.93 bits per heavy atom. The summed E-state index contributed by atoms with van der Waals surface area (Å²) in [7, 11) is 0. The van der Waals surface area contributed by atoms with Crippen LogP contribution >= 0.6 is 0 Å². The predicted molar refractivity (Wildman–Crippen MR) is 102 cm³/mol. The molecule has 0 radical (unpaired) electrons. The van der Waals surface area contributed by atoms with Crippen molar-refractivity contribution in [1.82, 2.24) is 15.2 Å². The number of carbonyl (C=O) groups excluding carboxylic acids is 1. The van der Waals surface area contributed by atoms with Crippen LogP contribution in [0.3, 0.4) is 0 Å². The molecule has 1 saturated heterocycles. The Morgan fingerprint density at radius 1 is 1.19 bits per heavy atom. The number of aliphatic carboxylic acids is 1. The van der Waals surface area contributed by atoms with Gasteiger partial charge in [0.2, 0.25) is 0 Å². The molecule has 2 heterocycles. The molecule has 0 bridgehead atoms.